The Morgan fingerprint density at radius 2 is 1.84 bits per heavy atom. The lowest BCUT2D eigenvalue weighted by molar-refractivity contribution is -0.137. The van der Waals surface area contributed by atoms with Gasteiger partial charge in [-0.2, -0.15) is 23.4 Å². The summed E-state index contributed by atoms with van der Waals surface area (Å²) in [6.07, 6.45) is -0.828. The molecular weight excluding hydrogens is 493 g/mol. The normalized spacial score (nSPS) is 11.7. The van der Waals surface area contributed by atoms with E-state index in [-0.39, 0.29) is 12.5 Å². The Bertz CT molecular complexity index is 1650. The van der Waals surface area contributed by atoms with Gasteiger partial charge in [-0.25, -0.2) is 4.98 Å². The van der Waals surface area contributed by atoms with E-state index in [1.165, 1.54) is 6.07 Å². The molecule has 0 bridgehead atoms. The van der Waals surface area contributed by atoms with Crippen LogP contribution in [0, 0.1) is 13.8 Å². The second-order valence-corrected chi connectivity index (χ2v) is 9.01. The van der Waals surface area contributed by atoms with E-state index in [0.717, 1.165) is 17.7 Å². The zero-order valence-electron chi connectivity index (χ0n) is 21.0. The number of halogens is 3. The van der Waals surface area contributed by atoms with Crippen molar-refractivity contribution in [2.45, 2.75) is 40.0 Å². The van der Waals surface area contributed by atoms with Gasteiger partial charge in [0.2, 0.25) is 0 Å². The van der Waals surface area contributed by atoms with Gasteiger partial charge >= 0.3 is 6.18 Å². The molecule has 1 amide bonds. The van der Waals surface area contributed by atoms with Gasteiger partial charge in [0.1, 0.15) is 0 Å². The molecule has 7 nitrogen and oxygen atoms in total. The monoisotopic (exact) mass is 518 g/mol. The maximum Gasteiger partial charge on any atom is 0.416 e. The number of hydrogen-bond acceptors (Lipinski definition) is 4. The number of fused-ring (bicyclic) bond motifs is 1. The number of nitrogens with one attached hydrogen (secondary N) is 1. The van der Waals surface area contributed by atoms with E-state index >= 15 is 0 Å². The Hall–Kier alpha value is -4.47. The Morgan fingerprint density at radius 1 is 1.05 bits per heavy atom. The van der Waals surface area contributed by atoms with Crippen LogP contribution in [0.4, 0.5) is 18.9 Å². The number of aryl methyl sites for hydroxylation is 2. The molecule has 3 heterocycles. The smallest absolute Gasteiger partial charge is 0.319 e. The molecule has 2 aromatic carbocycles. The number of carbonyl (C=O) groups is 1. The molecule has 0 aliphatic rings. The molecule has 3 aromatic heterocycles. The molecule has 0 radical (unpaired) electrons. The van der Waals surface area contributed by atoms with E-state index in [1.807, 2.05) is 37.4 Å². The zero-order chi connectivity index (χ0) is 27.0. The lowest BCUT2D eigenvalue weighted by Crippen LogP contribution is -2.14. The van der Waals surface area contributed by atoms with Gasteiger partial charge in [-0.1, -0.05) is 30.3 Å². The van der Waals surface area contributed by atoms with Gasteiger partial charge in [0, 0.05) is 23.7 Å². The third kappa shape index (κ3) is 4.89. The number of pyridine rings is 1. The molecule has 0 atom stereocenters. The molecule has 38 heavy (non-hydrogen) atoms. The highest BCUT2D eigenvalue weighted by atomic mass is 19.4. The minimum atomic E-state index is -4.42. The number of anilines is 1. The number of amides is 1. The van der Waals surface area contributed by atoms with Crippen molar-refractivity contribution in [1.82, 2.24) is 24.5 Å². The minimum absolute atomic E-state index is 0.135. The molecular formula is C28H25F3N6O. The maximum atomic E-state index is 13.6. The molecule has 1 N–H and O–H groups in total. The first-order valence-electron chi connectivity index (χ1n) is 12.1. The second kappa shape index (κ2) is 9.77. The fourth-order valence-electron chi connectivity index (χ4n) is 4.41. The fraction of sp³-hybridized carbons (Fsp3) is 0.214. The molecule has 0 aliphatic heterocycles. The van der Waals surface area contributed by atoms with Gasteiger partial charge in [0.25, 0.3) is 5.91 Å². The van der Waals surface area contributed by atoms with E-state index in [2.05, 4.69) is 15.5 Å². The average molecular weight is 519 g/mol. The molecule has 0 saturated carbocycles. The summed E-state index contributed by atoms with van der Waals surface area (Å²) in [4.78, 5) is 18.3. The second-order valence-electron chi connectivity index (χ2n) is 9.01. The molecule has 0 spiro atoms. The van der Waals surface area contributed by atoms with Crippen LogP contribution in [0.5, 0.6) is 0 Å². The largest absolute Gasteiger partial charge is 0.416 e. The van der Waals surface area contributed by atoms with Gasteiger partial charge in [-0.05, 0) is 50.6 Å². The van der Waals surface area contributed by atoms with Gasteiger partial charge in [-0.15, -0.1) is 0 Å². The van der Waals surface area contributed by atoms with Crippen LogP contribution in [0.25, 0.3) is 22.2 Å². The van der Waals surface area contributed by atoms with Crippen molar-refractivity contribution in [1.29, 1.82) is 0 Å². The standard InChI is InChI=1S/C28H25F3N6O/c1-4-36-16-20(14-32-36)25-13-23(22-10-5-6-11-24(22)33-25)27(38)34-26-17(2)35-37(18(26)3)15-19-8-7-9-21(12-19)28(29,30)31/h5-14,16H,4,15H2,1-3H3,(H,34,38). The molecule has 0 unspecified atom stereocenters. The third-order valence-corrected chi connectivity index (χ3v) is 6.42. The number of para-hydroxylation sites is 1. The van der Waals surface area contributed by atoms with Crippen LogP contribution in [0.3, 0.4) is 0 Å². The fourth-order valence-corrected chi connectivity index (χ4v) is 4.41. The average Bonchev–Trinajstić information content (AvgIpc) is 3.48. The van der Waals surface area contributed by atoms with Crippen LogP contribution in [0.1, 0.15) is 39.8 Å². The van der Waals surface area contributed by atoms with Crippen LogP contribution in [0.2, 0.25) is 0 Å². The summed E-state index contributed by atoms with van der Waals surface area (Å²) in [6.45, 7) is 6.36. The van der Waals surface area contributed by atoms with E-state index in [9.17, 15) is 18.0 Å². The number of rotatable bonds is 6. The van der Waals surface area contributed by atoms with Crippen molar-refractivity contribution in [2.24, 2.45) is 0 Å². The van der Waals surface area contributed by atoms with Gasteiger partial charge in [-0.3, -0.25) is 14.2 Å². The first kappa shape index (κ1) is 25.2. The summed E-state index contributed by atoms with van der Waals surface area (Å²) in [5, 5.41) is 12.5. The molecule has 5 rings (SSSR count). The number of aromatic nitrogens is 5. The van der Waals surface area contributed by atoms with Crippen LogP contribution in [0.15, 0.2) is 67.0 Å². The number of hydrogen-bond donors (Lipinski definition) is 1. The van der Waals surface area contributed by atoms with Crippen LogP contribution >= 0.6 is 0 Å². The van der Waals surface area contributed by atoms with Crippen LogP contribution < -0.4 is 5.32 Å². The Balaban J connectivity index is 1.47. The SMILES string of the molecule is CCn1cc(-c2cc(C(=O)Nc3c(C)nn(Cc4cccc(C(F)(F)F)c4)c3C)c3ccccc3n2)cn1. The molecule has 5 aromatic rings. The van der Waals surface area contributed by atoms with Crippen molar-refractivity contribution in [3.05, 3.63) is 95.1 Å². The number of benzene rings is 2. The number of nitrogens with zero attached hydrogens (tertiary/aromatic N) is 5. The topological polar surface area (TPSA) is 77.6 Å². The summed E-state index contributed by atoms with van der Waals surface area (Å²) in [5.74, 6) is -0.336. The number of carbonyl (C=O) groups excluding carboxylic acids is 1. The highest BCUT2D eigenvalue weighted by molar-refractivity contribution is 6.13. The molecule has 0 saturated heterocycles. The van der Waals surface area contributed by atoms with Gasteiger partial charge in [0.15, 0.2) is 0 Å². The van der Waals surface area contributed by atoms with E-state index in [4.69, 9.17) is 4.98 Å². The zero-order valence-corrected chi connectivity index (χ0v) is 21.0. The highest BCUT2D eigenvalue weighted by Crippen LogP contribution is 2.30. The maximum absolute atomic E-state index is 13.6. The predicted octanol–water partition coefficient (Wildman–Crippen LogP) is 6.25. The van der Waals surface area contributed by atoms with Crippen LogP contribution in [-0.4, -0.2) is 30.5 Å². The van der Waals surface area contributed by atoms with Crippen molar-refractivity contribution < 1.29 is 18.0 Å². The lowest BCUT2D eigenvalue weighted by Gasteiger charge is -2.11. The Morgan fingerprint density at radius 3 is 2.58 bits per heavy atom. The first-order chi connectivity index (χ1) is 18.1. The van der Waals surface area contributed by atoms with Crippen molar-refractivity contribution >= 4 is 22.5 Å². The summed E-state index contributed by atoms with van der Waals surface area (Å²) in [5.41, 5.74) is 4.00. The summed E-state index contributed by atoms with van der Waals surface area (Å²) in [6, 6.07) is 14.3. The summed E-state index contributed by atoms with van der Waals surface area (Å²) >= 11 is 0. The van der Waals surface area contributed by atoms with Crippen molar-refractivity contribution in [3.8, 4) is 11.3 Å². The Kier molecular flexibility index (Phi) is 6.48. The highest BCUT2D eigenvalue weighted by Gasteiger charge is 2.30. The first-order valence-corrected chi connectivity index (χ1v) is 12.1. The van der Waals surface area contributed by atoms with Gasteiger partial charge < -0.3 is 5.32 Å². The minimum Gasteiger partial charge on any atom is -0.319 e. The van der Waals surface area contributed by atoms with Crippen molar-refractivity contribution in [3.63, 3.8) is 0 Å². The van der Waals surface area contributed by atoms with Crippen molar-refractivity contribution in [2.75, 3.05) is 5.32 Å². The van der Waals surface area contributed by atoms with E-state index < -0.39 is 11.7 Å². The van der Waals surface area contributed by atoms with Crippen LogP contribution in [-0.2, 0) is 19.3 Å². The Labute approximate surface area is 216 Å². The quantitative estimate of drug-likeness (QED) is 0.288. The van der Waals surface area contributed by atoms with E-state index in [0.29, 0.717) is 51.3 Å². The molecule has 10 heteroatoms. The molecule has 194 valence electrons. The number of alkyl halides is 3. The van der Waals surface area contributed by atoms with Gasteiger partial charge in [0.05, 0.1) is 52.2 Å². The lowest BCUT2D eigenvalue weighted by atomic mass is 10.0. The summed E-state index contributed by atoms with van der Waals surface area (Å²) in [7, 11) is 0. The predicted molar refractivity (Wildman–Crippen MR) is 139 cm³/mol. The molecule has 0 aliphatic carbocycles. The third-order valence-electron chi connectivity index (χ3n) is 6.42. The summed E-state index contributed by atoms with van der Waals surface area (Å²) < 4.78 is 42.8. The van der Waals surface area contributed by atoms with E-state index in [1.54, 1.807) is 41.5 Å². The molecule has 0 fully saturated rings.